The highest BCUT2D eigenvalue weighted by molar-refractivity contribution is 5.92. The van der Waals surface area contributed by atoms with E-state index in [1.807, 2.05) is 11.5 Å². The Balaban J connectivity index is 2.36. The lowest BCUT2D eigenvalue weighted by molar-refractivity contribution is -0.140. The first kappa shape index (κ1) is 13.1. The number of esters is 1. The largest absolute Gasteiger partial charge is 0.478 e. The Morgan fingerprint density at radius 2 is 2.16 bits per heavy atom. The number of rotatable bonds is 4. The van der Waals surface area contributed by atoms with Gasteiger partial charge in [-0.2, -0.15) is 0 Å². The van der Waals surface area contributed by atoms with Crippen LogP contribution in [0, 0.1) is 6.92 Å². The Hall–Kier alpha value is -2.37. The molecule has 0 saturated heterocycles. The molecule has 2 aromatic rings. The lowest BCUT2D eigenvalue weighted by atomic mass is 10.2. The molecule has 6 heteroatoms. The summed E-state index contributed by atoms with van der Waals surface area (Å²) in [6.45, 7) is 2.28. The number of methoxy groups -OCH3 is 1. The van der Waals surface area contributed by atoms with Gasteiger partial charge in [0.25, 0.3) is 0 Å². The topological polar surface area (TPSA) is 81.4 Å². The molecule has 0 amide bonds. The Morgan fingerprint density at radius 3 is 2.79 bits per heavy atom. The zero-order valence-corrected chi connectivity index (χ0v) is 10.7. The Kier molecular flexibility index (Phi) is 3.50. The summed E-state index contributed by atoms with van der Waals surface area (Å²) in [5.74, 6) is -0.534. The van der Waals surface area contributed by atoms with Gasteiger partial charge >= 0.3 is 11.9 Å². The molecule has 0 bridgehead atoms. The Labute approximate surface area is 109 Å². The molecule has 0 aliphatic carbocycles. The number of carboxylic acid groups (broad SMARTS) is 1. The molecule has 0 atom stereocenters. The fourth-order valence-electron chi connectivity index (χ4n) is 1.97. The fraction of sp³-hybridized carbons (Fsp3) is 0.308. The second-order valence-electron chi connectivity index (χ2n) is 4.15. The molecule has 1 aromatic carbocycles. The van der Waals surface area contributed by atoms with E-state index in [4.69, 9.17) is 5.11 Å². The number of aryl methyl sites for hydroxylation is 2. The molecular weight excluding hydrogens is 248 g/mol. The normalized spacial score (nSPS) is 10.6. The van der Waals surface area contributed by atoms with E-state index < -0.39 is 5.97 Å². The summed E-state index contributed by atoms with van der Waals surface area (Å²) in [6, 6.07) is 4.76. The first-order valence-electron chi connectivity index (χ1n) is 5.80. The summed E-state index contributed by atoms with van der Waals surface area (Å²) >= 11 is 0. The van der Waals surface area contributed by atoms with Gasteiger partial charge in [0, 0.05) is 6.54 Å². The van der Waals surface area contributed by atoms with Crippen LogP contribution in [0.25, 0.3) is 11.0 Å². The highest BCUT2D eigenvalue weighted by Gasteiger charge is 2.11. The highest BCUT2D eigenvalue weighted by Crippen LogP contribution is 2.18. The second kappa shape index (κ2) is 5.09. The number of carbonyl (C=O) groups is 2. The summed E-state index contributed by atoms with van der Waals surface area (Å²) in [7, 11) is 1.35. The molecule has 0 saturated carbocycles. The molecule has 2 rings (SSSR count). The van der Waals surface area contributed by atoms with E-state index in [1.165, 1.54) is 19.2 Å². The molecule has 6 nitrogen and oxygen atoms in total. The fourth-order valence-corrected chi connectivity index (χ4v) is 1.97. The van der Waals surface area contributed by atoms with Gasteiger partial charge in [0.05, 0.1) is 30.1 Å². The van der Waals surface area contributed by atoms with Gasteiger partial charge < -0.3 is 14.4 Å². The van der Waals surface area contributed by atoms with Crippen molar-refractivity contribution in [1.29, 1.82) is 0 Å². The van der Waals surface area contributed by atoms with Crippen molar-refractivity contribution in [3.05, 3.63) is 29.6 Å². The first-order chi connectivity index (χ1) is 9.02. The summed E-state index contributed by atoms with van der Waals surface area (Å²) in [6.07, 6.45) is 0.253. The van der Waals surface area contributed by atoms with Crippen LogP contribution in [-0.2, 0) is 16.1 Å². The lowest BCUT2D eigenvalue weighted by Gasteiger charge is -2.05. The van der Waals surface area contributed by atoms with Crippen LogP contribution in [-0.4, -0.2) is 33.7 Å². The number of hydrogen-bond acceptors (Lipinski definition) is 4. The smallest absolute Gasteiger partial charge is 0.335 e. The van der Waals surface area contributed by atoms with E-state index in [2.05, 4.69) is 9.72 Å². The zero-order valence-electron chi connectivity index (χ0n) is 10.7. The van der Waals surface area contributed by atoms with Crippen molar-refractivity contribution in [1.82, 2.24) is 9.55 Å². The average Bonchev–Trinajstić information content (AvgIpc) is 2.70. The number of aromatic nitrogens is 2. The summed E-state index contributed by atoms with van der Waals surface area (Å²) in [5.41, 5.74) is 1.62. The molecular formula is C13H14N2O4. The van der Waals surface area contributed by atoms with Crippen molar-refractivity contribution in [3.63, 3.8) is 0 Å². The van der Waals surface area contributed by atoms with Gasteiger partial charge in [-0.15, -0.1) is 0 Å². The van der Waals surface area contributed by atoms with Crippen LogP contribution in [0.2, 0.25) is 0 Å². The minimum Gasteiger partial charge on any atom is -0.478 e. The molecule has 100 valence electrons. The third-order valence-electron chi connectivity index (χ3n) is 2.95. The van der Waals surface area contributed by atoms with Gasteiger partial charge in [0.1, 0.15) is 5.82 Å². The summed E-state index contributed by atoms with van der Waals surface area (Å²) < 4.78 is 6.47. The molecule has 1 aromatic heterocycles. The van der Waals surface area contributed by atoms with Gasteiger partial charge in [-0.25, -0.2) is 9.78 Å². The van der Waals surface area contributed by atoms with Crippen LogP contribution in [0.4, 0.5) is 0 Å². The predicted molar refractivity (Wildman–Crippen MR) is 68.1 cm³/mol. The van der Waals surface area contributed by atoms with Crippen molar-refractivity contribution < 1.29 is 19.4 Å². The number of nitrogens with zero attached hydrogens (tertiary/aromatic N) is 2. The predicted octanol–water partition coefficient (Wildman–Crippen LogP) is 1.61. The maximum Gasteiger partial charge on any atom is 0.335 e. The maximum absolute atomic E-state index is 11.2. The molecule has 0 aliphatic rings. The average molecular weight is 262 g/mol. The SMILES string of the molecule is COC(=O)CCn1c(C)nc2cc(C(=O)O)ccc21. The van der Waals surface area contributed by atoms with E-state index in [0.29, 0.717) is 12.1 Å². The maximum atomic E-state index is 11.2. The number of fused-ring (bicyclic) bond motifs is 1. The summed E-state index contributed by atoms with van der Waals surface area (Å²) in [4.78, 5) is 26.4. The van der Waals surface area contributed by atoms with E-state index >= 15 is 0 Å². The van der Waals surface area contributed by atoms with Crippen molar-refractivity contribution in [2.45, 2.75) is 19.9 Å². The van der Waals surface area contributed by atoms with E-state index in [0.717, 1.165) is 11.3 Å². The first-order valence-corrected chi connectivity index (χ1v) is 5.80. The monoisotopic (exact) mass is 262 g/mol. The van der Waals surface area contributed by atoms with Gasteiger partial charge in [0.15, 0.2) is 0 Å². The van der Waals surface area contributed by atoms with Gasteiger partial charge in [0.2, 0.25) is 0 Å². The van der Waals surface area contributed by atoms with Crippen molar-refractivity contribution in [2.24, 2.45) is 0 Å². The number of carboxylic acids is 1. The van der Waals surface area contributed by atoms with Gasteiger partial charge in [-0.3, -0.25) is 4.79 Å². The van der Waals surface area contributed by atoms with Crippen LogP contribution in [0.3, 0.4) is 0 Å². The summed E-state index contributed by atoms with van der Waals surface area (Å²) in [5, 5.41) is 8.93. The van der Waals surface area contributed by atoms with E-state index in [9.17, 15) is 9.59 Å². The number of ether oxygens (including phenoxy) is 1. The number of benzene rings is 1. The second-order valence-corrected chi connectivity index (χ2v) is 4.15. The van der Waals surface area contributed by atoms with Gasteiger partial charge in [-0.1, -0.05) is 0 Å². The lowest BCUT2D eigenvalue weighted by Crippen LogP contribution is -2.08. The van der Waals surface area contributed by atoms with Crippen molar-refractivity contribution in [3.8, 4) is 0 Å². The third-order valence-corrected chi connectivity index (χ3v) is 2.95. The Bertz CT molecular complexity index is 645. The Morgan fingerprint density at radius 1 is 1.42 bits per heavy atom. The molecule has 0 spiro atoms. The molecule has 0 unspecified atom stereocenters. The minimum absolute atomic E-state index is 0.199. The quantitative estimate of drug-likeness (QED) is 0.846. The van der Waals surface area contributed by atoms with Crippen LogP contribution in [0.5, 0.6) is 0 Å². The molecule has 1 heterocycles. The van der Waals surface area contributed by atoms with Crippen LogP contribution >= 0.6 is 0 Å². The minimum atomic E-state index is -0.983. The van der Waals surface area contributed by atoms with E-state index in [-0.39, 0.29) is 18.0 Å². The van der Waals surface area contributed by atoms with Crippen molar-refractivity contribution >= 4 is 23.0 Å². The molecule has 0 aliphatic heterocycles. The third kappa shape index (κ3) is 2.57. The van der Waals surface area contributed by atoms with Crippen LogP contribution in [0.15, 0.2) is 18.2 Å². The van der Waals surface area contributed by atoms with Crippen LogP contribution in [0.1, 0.15) is 22.6 Å². The van der Waals surface area contributed by atoms with Crippen molar-refractivity contribution in [2.75, 3.05) is 7.11 Å². The molecule has 1 N–H and O–H groups in total. The molecule has 0 radical (unpaired) electrons. The number of carbonyl (C=O) groups excluding carboxylic acids is 1. The van der Waals surface area contributed by atoms with Crippen LogP contribution < -0.4 is 0 Å². The standard InChI is InChI=1S/C13H14N2O4/c1-8-14-10-7-9(13(17)18)3-4-11(10)15(8)6-5-12(16)19-2/h3-4,7H,5-6H2,1-2H3,(H,17,18). The molecule has 19 heavy (non-hydrogen) atoms. The number of imidazole rings is 1. The molecule has 0 fully saturated rings. The van der Waals surface area contributed by atoms with E-state index in [1.54, 1.807) is 6.07 Å². The number of hydrogen-bond donors (Lipinski definition) is 1. The zero-order chi connectivity index (χ0) is 14.0. The van der Waals surface area contributed by atoms with Gasteiger partial charge in [-0.05, 0) is 25.1 Å². The number of aromatic carboxylic acids is 1. The highest BCUT2D eigenvalue weighted by atomic mass is 16.5.